The van der Waals surface area contributed by atoms with Gasteiger partial charge in [-0.25, -0.2) is 4.79 Å². The van der Waals surface area contributed by atoms with Crippen LogP contribution in [0.2, 0.25) is 0 Å². The number of hydrogen-bond acceptors (Lipinski definition) is 7. The molecule has 0 spiro atoms. The third kappa shape index (κ3) is 3.68. The van der Waals surface area contributed by atoms with E-state index in [0.717, 1.165) is 12.0 Å². The molecule has 0 fully saturated rings. The van der Waals surface area contributed by atoms with Gasteiger partial charge in [-0.1, -0.05) is 36.3 Å². The Morgan fingerprint density at radius 1 is 1.26 bits per heavy atom. The molecule has 0 radical (unpaired) electrons. The zero-order valence-electron chi connectivity index (χ0n) is 12.7. The molecule has 0 saturated heterocycles. The molecule has 7 heteroatoms. The molecule has 3 rings (SSSR count). The van der Waals surface area contributed by atoms with Crippen LogP contribution in [-0.2, 0) is 32.0 Å². The van der Waals surface area contributed by atoms with Gasteiger partial charge in [-0.05, 0) is 12.0 Å². The highest BCUT2D eigenvalue weighted by Gasteiger charge is 2.18. The Hall–Kier alpha value is -2.83. The van der Waals surface area contributed by atoms with Gasteiger partial charge in [0.15, 0.2) is 6.61 Å². The van der Waals surface area contributed by atoms with Crippen LogP contribution in [0.15, 0.2) is 40.8 Å². The quantitative estimate of drug-likeness (QED) is 0.782. The first-order chi connectivity index (χ1) is 11.3. The van der Waals surface area contributed by atoms with E-state index < -0.39 is 5.97 Å². The van der Waals surface area contributed by atoms with E-state index in [1.807, 2.05) is 24.3 Å². The van der Waals surface area contributed by atoms with Gasteiger partial charge in [0.2, 0.25) is 11.6 Å². The molecule has 0 atom stereocenters. The fraction of sp³-hybridized carbons (Fsp3) is 0.312. The van der Waals surface area contributed by atoms with Crippen LogP contribution in [0.25, 0.3) is 11.4 Å². The Bertz CT molecular complexity index is 706. The van der Waals surface area contributed by atoms with Crippen LogP contribution >= 0.6 is 0 Å². The van der Waals surface area contributed by atoms with E-state index in [9.17, 15) is 4.79 Å². The Morgan fingerprint density at radius 2 is 2.09 bits per heavy atom. The van der Waals surface area contributed by atoms with E-state index in [1.165, 1.54) is 11.8 Å². The number of rotatable bonds is 5. The topological polar surface area (TPSA) is 83.7 Å². The fourth-order valence-electron chi connectivity index (χ4n) is 1.99. The van der Waals surface area contributed by atoms with Crippen molar-refractivity contribution in [3.63, 3.8) is 0 Å². The molecule has 0 saturated carbocycles. The highest BCUT2D eigenvalue weighted by Crippen LogP contribution is 2.17. The standard InChI is InChI=1S/C16H16N2O5/c1-2-11-3-5-12(6-4-11)15-17-14(23-18-15)10-22-16(19)13-9-20-7-8-21-13/h3-6,9H,2,7-8,10H2,1H3. The first-order valence-electron chi connectivity index (χ1n) is 7.30. The summed E-state index contributed by atoms with van der Waals surface area (Å²) in [6.45, 7) is 2.70. The minimum atomic E-state index is -0.628. The average Bonchev–Trinajstić information content (AvgIpc) is 3.09. The van der Waals surface area contributed by atoms with E-state index in [-0.39, 0.29) is 18.3 Å². The largest absolute Gasteiger partial charge is 0.493 e. The molecule has 120 valence electrons. The minimum Gasteiger partial charge on any atom is -0.493 e. The summed E-state index contributed by atoms with van der Waals surface area (Å²) < 4.78 is 20.2. The maximum Gasteiger partial charge on any atom is 0.377 e. The Kier molecular flexibility index (Phi) is 4.56. The van der Waals surface area contributed by atoms with E-state index in [4.69, 9.17) is 18.7 Å². The predicted molar refractivity (Wildman–Crippen MR) is 78.9 cm³/mol. The second-order valence-electron chi connectivity index (χ2n) is 4.84. The lowest BCUT2D eigenvalue weighted by Crippen LogP contribution is -2.17. The summed E-state index contributed by atoms with van der Waals surface area (Å²) in [4.78, 5) is 15.9. The second kappa shape index (κ2) is 6.95. The molecule has 1 aromatic carbocycles. The molecule has 2 heterocycles. The molecule has 0 N–H and O–H groups in total. The summed E-state index contributed by atoms with van der Waals surface area (Å²) in [5.41, 5.74) is 2.07. The van der Waals surface area contributed by atoms with Crippen molar-refractivity contribution in [3.05, 3.63) is 47.7 Å². The summed E-state index contributed by atoms with van der Waals surface area (Å²) in [6.07, 6.45) is 2.20. The van der Waals surface area contributed by atoms with Crippen LogP contribution in [0.3, 0.4) is 0 Å². The monoisotopic (exact) mass is 316 g/mol. The summed E-state index contributed by atoms with van der Waals surface area (Å²) in [5.74, 6) is 0.0725. The highest BCUT2D eigenvalue weighted by molar-refractivity contribution is 5.85. The lowest BCUT2D eigenvalue weighted by Gasteiger charge is -2.13. The van der Waals surface area contributed by atoms with Crippen molar-refractivity contribution < 1.29 is 23.5 Å². The maximum atomic E-state index is 11.7. The van der Waals surface area contributed by atoms with Crippen molar-refractivity contribution in [2.24, 2.45) is 0 Å². The summed E-state index contributed by atoms with van der Waals surface area (Å²) in [6, 6.07) is 7.88. The number of aromatic nitrogens is 2. The Labute approximate surface area is 132 Å². The molecule has 0 bridgehead atoms. The van der Waals surface area contributed by atoms with Crippen LogP contribution in [0.1, 0.15) is 18.4 Å². The normalized spacial score (nSPS) is 13.7. The molecule has 0 unspecified atom stereocenters. The van der Waals surface area contributed by atoms with E-state index in [2.05, 4.69) is 17.1 Å². The molecular formula is C16H16N2O5. The van der Waals surface area contributed by atoms with E-state index in [1.54, 1.807) is 0 Å². The molecule has 0 amide bonds. The molecular weight excluding hydrogens is 300 g/mol. The predicted octanol–water partition coefficient (Wildman–Crippen LogP) is 2.23. The average molecular weight is 316 g/mol. The maximum absolute atomic E-state index is 11.7. The minimum absolute atomic E-state index is 0.0335. The van der Waals surface area contributed by atoms with E-state index in [0.29, 0.717) is 19.0 Å². The number of nitrogens with zero attached hydrogens (tertiary/aromatic N) is 2. The summed E-state index contributed by atoms with van der Waals surface area (Å²) >= 11 is 0. The summed E-state index contributed by atoms with van der Waals surface area (Å²) in [7, 11) is 0. The molecule has 0 aliphatic carbocycles. The zero-order valence-corrected chi connectivity index (χ0v) is 12.7. The van der Waals surface area contributed by atoms with Crippen molar-refractivity contribution in [3.8, 4) is 11.4 Å². The van der Waals surface area contributed by atoms with Gasteiger partial charge in [-0.2, -0.15) is 4.98 Å². The number of carbonyl (C=O) groups excluding carboxylic acids is 1. The van der Waals surface area contributed by atoms with Crippen molar-refractivity contribution in [2.45, 2.75) is 20.0 Å². The first kappa shape index (κ1) is 15.1. The van der Waals surface area contributed by atoms with Gasteiger partial charge in [0.05, 0.1) is 0 Å². The van der Waals surface area contributed by atoms with Gasteiger partial charge >= 0.3 is 5.97 Å². The summed E-state index contributed by atoms with van der Waals surface area (Å²) in [5, 5.41) is 3.88. The van der Waals surface area contributed by atoms with Crippen molar-refractivity contribution in [1.82, 2.24) is 10.1 Å². The number of ether oxygens (including phenoxy) is 3. The second-order valence-corrected chi connectivity index (χ2v) is 4.84. The lowest BCUT2D eigenvalue weighted by molar-refractivity contribution is -0.146. The van der Waals surface area contributed by atoms with Gasteiger partial charge in [-0.3, -0.25) is 0 Å². The number of hydrogen-bond donors (Lipinski definition) is 0. The fourth-order valence-corrected chi connectivity index (χ4v) is 1.99. The zero-order chi connectivity index (χ0) is 16.1. The lowest BCUT2D eigenvalue weighted by atomic mass is 10.1. The molecule has 7 nitrogen and oxygen atoms in total. The van der Waals surface area contributed by atoms with Gasteiger partial charge < -0.3 is 18.7 Å². The molecule has 1 aromatic heterocycles. The number of aryl methyl sites for hydroxylation is 1. The van der Waals surface area contributed by atoms with Crippen molar-refractivity contribution in [2.75, 3.05) is 13.2 Å². The molecule has 1 aliphatic rings. The van der Waals surface area contributed by atoms with Gasteiger partial charge in [0, 0.05) is 5.56 Å². The SMILES string of the molecule is CCc1ccc(-c2noc(COC(=O)C3=COCCO3)n2)cc1. The van der Waals surface area contributed by atoms with Gasteiger partial charge in [0.1, 0.15) is 19.5 Å². The van der Waals surface area contributed by atoms with Crippen LogP contribution in [0.4, 0.5) is 0 Å². The Balaban J connectivity index is 1.60. The number of esters is 1. The van der Waals surface area contributed by atoms with Gasteiger partial charge in [-0.15, -0.1) is 0 Å². The number of carbonyl (C=O) groups is 1. The van der Waals surface area contributed by atoms with E-state index >= 15 is 0 Å². The van der Waals surface area contributed by atoms with Crippen LogP contribution in [0, 0.1) is 0 Å². The van der Waals surface area contributed by atoms with Gasteiger partial charge in [0.25, 0.3) is 5.89 Å². The highest BCUT2D eigenvalue weighted by atomic mass is 16.6. The third-order valence-corrected chi connectivity index (χ3v) is 3.27. The van der Waals surface area contributed by atoms with Crippen LogP contribution in [0.5, 0.6) is 0 Å². The molecule has 23 heavy (non-hydrogen) atoms. The van der Waals surface area contributed by atoms with Crippen LogP contribution < -0.4 is 0 Å². The smallest absolute Gasteiger partial charge is 0.377 e. The molecule has 2 aromatic rings. The third-order valence-electron chi connectivity index (χ3n) is 3.27. The van der Waals surface area contributed by atoms with Crippen molar-refractivity contribution >= 4 is 5.97 Å². The number of benzene rings is 1. The molecule has 1 aliphatic heterocycles. The first-order valence-corrected chi connectivity index (χ1v) is 7.30. The van der Waals surface area contributed by atoms with Crippen LogP contribution in [-0.4, -0.2) is 29.3 Å². The van der Waals surface area contributed by atoms with Crippen molar-refractivity contribution in [1.29, 1.82) is 0 Å². The Morgan fingerprint density at radius 3 is 2.78 bits per heavy atom.